The van der Waals surface area contributed by atoms with Crippen molar-refractivity contribution in [2.24, 2.45) is 5.73 Å². The summed E-state index contributed by atoms with van der Waals surface area (Å²) in [4.78, 5) is 29.9. The van der Waals surface area contributed by atoms with Crippen molar-refractivity contribution in [1.29, 1.82) is 0 Å². The minimum absolute atomic E-state index is 0.0287. The standard InChI is InChI=1S/C19H21N5O3/c1-8-4-7-12(25)9(2)15(8)24-16(20)13(17(21)26)14-18(24)22-10(3)23(19(14)27)11-5-6-11/h4,7,11,25H,5-6,20H2,1-3H3,(H2,21,26). The zero-order chi connectivity index (χ0) is 19.6. The van der Waals surface area contributed by atoms with Gasteiger partial charge in [0.05, 0.1) is 16.6 Å². The third-order valence-electron chi connectivity index (χ3n) is 5.22. The molecule has 5 N–H and O–H groups in total. The Labute approximate surface area is 155 Å². The van der Waals surface area contributed by atoms with Gasteiger partial charge in [-0.2, -0.15) is 0 Å². The summed E-state index contributed by atoms with van der Waals surface area (Å²) in [5.41, 5.74) is 13.8. The number of hydrogen-bond acceptors (Lipinski definition) is 5. The maximum absolute atomic E-state index is 13.2. The highest BCUT2D eigenvalue weighted by Crippen LogP contribution is 2.37. The van der Waals surface area contributed by atoms with Crippen LogP contribution in [0.15, 0.2) is 16.9 Å². The number of primary amides is 1. The Bertz CT molecular complexity index is 1180. The number of nitrogens with two attached hydrogens (primary N) is 2. The van der Waals surface area contributed by atoms with Crippen molar-refractivity contribution in [2.45, 2.75) is 39.7 Å². The Morgan fingerprint density at radius 3 is 2.52 bits per heavy atom. The number of aromatic nitrogens is 3. The third kappa shape index (κ3) is 2.33. The van der Waals surface area contributed by atoms with Crippen LogP contribution in [0.5, 0.6) is 5.75 Å². The molecule has 1 amide bonds. The number of amides is 1. The van der Waals surface area contributed by atoms with Crippen molar-refractivity contribution in [3.63, 3.8) is 0 Å². The maximum Gasteiger partial charge on any atom is 0.264 e. The van der Waals surface area contributed by atoms with Crippen LogP contribution in [-0.4, -0.2) is 25.1 Å². The number of nitrogen functional groups attached to an aromatic ring is 1. The molecule has 1 saturated carbocycles. The minimum Gasteiger partial charge on any atom is -0.508 e. The molecule has 8 nitrogen and oxygen atoms in total. The molecular formula is C19H21N5O3. The lowest BCUT2D eigenvalue weighted by Gasteiger charge is -2.16. The third-order valence-corrected chi connectivity index (χ3v) is 5.22. The van der Waals surface area contributed by atoms with Gasteiger partial charge in [0.25, 0.3) is 11.5 Å². The Kier molecular flexibility index (Phi) is 3.56. The van der Waals surface area contributed by atoms with Crippen molar-refractivity contribution < 1.29 is 9.90 Å². The molecular weight excluding hydrogens is 346 g/mol. The van der Waals surface area contributed by atoms with Crippen LogP contribution in [0, 0.1) is 20.8 Å². The Hall–Kier alpha value is -3.29. The van der Waals surface area contributed by atoms with Crippen molar-refractivity contribution in [3.05, 3.63) is 45.0 Å². The molecule has 0 aliphatic heterocycles. The van der Waals surface area contributed by atoms with E-state index in [2.05, 4.69) is 4.98 Å². The number of rotatable bonds is 3. The van der Waals surface area contributed by atoms with E-state index in [1.807, 2.05) is 6.92 Å². The SMILES string of the molecule is Cc1ccc(O)c(C)c1-n1c(N)c(C(N)=O)c2c(=O)n(C3CC3)c(C)nc21. The fourth-order valence-electron chi connectivity index (χ4n) is 3.77. The van der Waals surface area contributed by atoms with Crippen molar-refractivity contribution >= 4 is 22.8 Å². The van der Waals surface area contributed by atoms with Gasteiger partial charge in [0, 0.05) is 11.6 Å². The molecule has 140 valence electrons. The number of benzene rings is 1. The van der Waals surface area contributed by atoms with Gasteiger partial charge in [-0.05, 0) is 45.2 Å². The highest BCUT2D eigenvalue weighted by molar-refractivity contribution is 6.10. The molecule has 27 heavy (non-hydrogen) atoms. The molecule has 0 bridgehead atoms. The maximum atomic E-state index is 13.2. The molecule has 8 heteroatoms. The van der Waals surface area contributed by atoms with E-state index < -0.39 is 5.91 Å². The van der Waals surface area contributed by atoms with Gasteiger partial charge >= 0.3 is 0 Å². The van der Waals surface area contributed by atoms with Gasteiger partial charge in [-0.3, -0.25) is 18.7 Å². The topological polar surface area (TPSA) is 129 Å². The largest absolute Gasteiger partial charge is 0.508 e. The second kappa shape index (κ2) is 5.60. The van der Waals surface area contributed by atoms with Gasteiger partial charge < -0.3 is 16.6 Å². The van der Waals surface area contributed by atoms with Crippen molar-refractivity contribution in [1.82, 2.24) is 14.1 Å². The molecule has 0 saturated heterocycles. The number of fused-ring (bicyclic) bond motifs is 1. The second-order valence-corrected chi connectivity index (χ2v) is 7.10. The lowest BCUT2D eigenvalue weighted by atomic mass is 10.1. The summed E-state index contributed by atoms with van der Waals surface area (Å²) in [6, 6.07) is 3.43. The van der Waals surface area contributed by atoms with Crippen LogP contribution in [0.1, 0.15) is 46.2 Å². The first kappa shape index (κ1) is 17.1. The zero-order valence-corrected chi connectivity index (χ0v) is 15.4. The fraction of sp³-hybridized carbons (Fsp3) is 0.316. The Morgan fingerprint density at radius 2 is 1.93 bits per heavy atom. The lowest BCUT2D eigenvalue weighted by Crippen LogP contribution is -2.25. The Balaban J connectivity index is 2.22. The first-order valence-corrected chi connectivity index (χ1v) is 8.76. The van der Waals surface area contributed by atoms with Crippen LogP contribution < -0.4 is 17.0 Å². The average molecular weight is 367 g/mol. The number of phenols is 1. The van der Waals surface area contributed by atoms with Crippen molar-refractivity contribution in [2.75, 3.05) is 5.73 Å². The highest BCUT2D eigenvalue weighted by Gasteiger charge is 2.32. The summed E-state index contributed by atoms with van der Waals surface area (Å²) in [5, 5.41) is 10.3. The van der Waals surface area contributed by atoms with Crippen molar-refractivity contribution in [3.8, 4) is 11.4 Å². The predicted molar refractivity (Wildman–Crippen MR) is 102 cm³/mol. The molecule has 2 aromatic heterocycles. The summed E-state index contributed by atoms with van der Waals surface area (Å²) in [6.45, 7) is 5.36. The molecule has 1 aromatic carbocycles. The normalized spacial score (nSPS) is 14.0. The molecule has 2 heterocycles. The van der Waals surface area contributed by atoms with E-state index in [4.69, 9.17) is 11.5 Å². The number of hydrogen-bond donors (Lipinski definition) is 3. The molecule has 1 aliphatic carbocycles. The van der Waals surface area contributed by atoms with Crippen LogP contribution >= 0.6 is 0 Å². The quantitative estimate of drug-likeness (QED) is 0.650. The van der Waals surface area contributed by atoms with E-state index in [0.29, 0.717) is 17.1 Å². The average Bonchev–Trinajstić information content (AvgIpc) is 3.37. The van der Waals surface area contributed by atoms with E-state index >= 15 is 0 Å². The molecule has 4 rings (SSSR count). The fourth-order valence-corrected chi connectivity index (χ4v) is 3.77. The van der Waals surface area contributed by atoms with Crippen LogP contribution in [-0.2, 0) is 0 Å². The van der Waals surface area contributed by atoms with E-state index in [-0.39, 0.29) is 39.8 Å². The van der Waals surface area contributed by atoms with Gasteiger partial charge in [-0.15, -0.1) is 0 Å². The molecule has 0 atom stereocenters. The molecule has 3 aromatic rings. The van der Waals surface area contributed by atoms with Gasteiger partial charge in [-0.25, -0.2) is 4.98 Å². The second-order valence-electron chi connectivity index (χ2n) is 7.10. The lowest BCUT2D eigenvalue weighted by molar-refractivity contribution is 0.100. The number of phenolic OH excluding ortho intramolecular Hbond substituents is 1. The molecule has 0 spiro atoms. The molecule has 0 radical (unpaired) electrons. The summed E-state index contributed by atoms with van der Waals surface area (Å²) >= 11 is 0. The van der Waals surface area contributed by atoms with Crippen LogP contribution in [0.4, 0.5) is 5.82 Å². The molecule has 1 aliphatic rings. The number of carbonyl (C=O) groups excluding carboxylic acids is 1. The first-order chi connectivity index (χ1) is 12.7. The smallest absolute Gasteiger partial charge is 0.264 e. The molecule has 0 unspecified atom stereocenters. The van der Waals surface area contributed by atoms with E-state index in [1.165, 1.54) is 0 Å². The van der Waals surface area contributed by atoms with Gasteiger partial charge in [0.2, 0.25) is 0 Å². The summed E-state index contributed by atoms with van der Waals surface area (Å²) in [7, 11) is 0. The first-order valence-electron chi connectivity index (χ1n) is 8.76. The van der Waals surface area contributed by atoms with Crippen LogP contribution in [0.25, 0.3) is 16.7 Å². The van der Waals surface area contributed by atoms with E-state index in [9.17, 15) is 14.7 Å². The van der Waals surface area contributed by atoms with E-state index in [1.54, 1.807) is 35.1 Å². The van der Waals surface area contributed by atoms with Gasteiger partial charge in [0.15, 0.2) is 5.65 Å². The number of aryl methyl sites for hydroxylation is 2. The van der Waals surface area contributed by atoms with Gasteiger partial charge in [-0.1, -0.05) is 6.07 Å². The summed E-state index contributed by atoms with van der Waals surface area (Å²) < 4.78 is 3.16. The Morgan fingerprint density at radius 1 is 1.26 bits per heavy atom. The zero-order valence-electron chi connectivity index (χ0n) is 15.4. The highest BCUT2D eigenvalue weighted by atomic mass is 16.3. The predicted octanol–water partition coefficient (Wildman–Crippen LogP) is 1.83. The minimum atomic E-state index is -0.781. The molecule has 1 fully saturated rings. The van der Waals surface area contributed by atoms with Crippen LogP contribution in [0.2, 0.25) is 0 Å². The number of anilines is 1. The summed E-state index contributed by atoms with van der Waals surface area (Å²) in [6.07, 6.45) is 1.81. The van der Waals surface area contributed by atoms with E-state index in [0.717, 1.165) is 18.4 Å². The summed E-state index contributed by atoms with van der Waals surface area (Å²) in [5.74, 6) is -0.0931. The number of nitrogens with zero attached hydrogens (tertiary/aromatic N) is 3. The van der Waals surface area contributed by atoms with Gasteiger partial charge in [0.1, 0.15) is 17.4 Å². The number of carbonyl (C=O) groups is 1. The number of aromatic hydroxyl groups is 1. The van der Waals surface area contributed by atoms with Crippen LogP contribution in [0.3, 0.4) is 0 Å². The monoisotopic (exact) mass is 367 g/mol.